The van der Waals surface area contributed by atoms with Gasteiger partial charge in [0.05, 0.1) is 10.3 Å². The van der Waals surface area contributed by atoms with Crippen LogP contribution in [0, 0.1) is 12.7 Å². The van der Waals surface area contributed by atoms with Crippen molar-refractivity contribution in [2.45, 2.75) is 11.8 Å². The lowest BCUT2D eigenvalue weighted by Crippen LogP contribution is -2.08. The van der Waals surface area contributed by atoms with Crippen LogP contribution in [0.2, 0.25) is 0 Å². The second-order valence-corrected chi connectivity index (χ2v) is 5.94. The number of aromatic nitrogens is 1. The van der Waals surface area contributed by atoms with Crippen LogP contribution in [0.4, 0.5) is 4.39 Å². The number of alkyl halides is 1. The molecule has 0 aliphatic rings. The number of rotatable bonds is 2. The van der Waals surface area contributed by atoms with E-state index in [0.29, 0.717) is 11.1 Å². The van der Waals surface area contributed by atoms with Gasteiger partial charge in [-0.1, -0.05) is 34.1 Å². The van der Waals surface area contributed by atoms with Crippen molar-refractivity contribution in [1.82, 2.24) is 4.57 Å². The molecule has 0 spiro atoms. The average molecular weight is 350 g/mol. The van der Waals surface area contributed by atoms with Gasteiger partial charge in [-0.05, 0) is 41.8 Å². The van der Waals surface area contributed by atoms with Crippen LogP contribution in [-0.2, 0) is 7.05 Å². The van der Waals surface area contributed by atoms with E-state index in [4.69, 9.17) is 4.42 Å². The Morgan fingerprint density at radius 1 is 1.19 bits per heavy atom. The van der Waals surface area contributed by atoms with Crippen LogP contribution in [0.3, 0.4) is 0 Å². The molecular weight excluding hydrogens is 337 g/mol. The molecule has 0 amide bonds. The number of halogens is 2. The monoisotopic (exact) mass is 349 g/mol. The van der Waals surface area contributed by atoms with Gasteiger partial charge in [0, 0.05) is 7.05 Å². The van der Waals surface area contributed by atoms with Gasteiger partial charge in [0.2, 0.25) is 0 Å². The molecule has 1 atom stereocenters. The molecule has 5 heteroatoms. The zero-order chi connectivity index (χ0) is 15.1. The second-order valence-electron chi connectivity index (χ2n) is 5.03. The molecule has 21 heavy (non-hydrogen) atoms. The summed E-state index contributed by atoms with van der Waals surface area (Å²) < 4.78 is 20.0. The van der Waals surface area contributed by atoms with Crippen LogP contribution in [0.15, 0.2) is 45.6 Å². The standard InChI is InChI=1S/C16H13BrFNO2/c1-9-7-10(3-5-12(9)18)15(17)11-4-6-13-14(8-11)21-16(20)19(13)2/h3-8,15H,1-2H3. The number of oxazole rings is 1. The Hall–Kier alpha value is -1.88. The van der Waals surface area contributed by atoms with Gasteiger partial charge >= 0.3 is 5.76 Å². The maximum absolute atomic E-state index is 13.4. The molecular formula is C16H13BrFNO2. The van der Waals surface area contributed by atoms with Crippen LogP contribution in [0.25, 0.3) is 11.1 Å². The topological polar surface area (TPSA) is 35.1 Å². The summed E-state index contributed by atoms with van der Waals surface area (Å²) in [5.41, 5.74) is 3.79. The molecule has 0 saturated carbocycles. The molecule has 0 saturated heterocycles. The van der Waals surface area contributed by atoms with Crippen molar-refractivity contribution < 1.29 is 8.81 Å². The van der Waals surface area contributed by atoms with Crippen molar-refractivity contribution in [3.05, 3.63) is 69.5 Å². The lowest BCUT2D eigenvalue weighted by molar-refractivity contribution is 0.528. The largest absolute Gasteiger partial charge is 0.419 e. The van der Waals surface area contributed by atoms with E-state index in [-0.39, 0.29) is 16.4 Å². The average Bonchev–Trinajstić information content (AvgIpc) is 2.76. The highest BCUT2D eigenvalue weighted by atomic mass is 79.9. The van der Waals surface area contributed by atoms with Gasteiger partial charge in [0.25, 0.3) is 0 Å². The molecule has 2 aromatic carbocycles. The van der Waals surface area contributed by atoms with Crippen molar-refractivity contribution >= 4 is 27.0 Å². The third kappa shape index (κ3) is 2.42. The molecule has 1 aromatic heterocycles. The molecule has 1 heterocycles. The molecule has 3 aromatic rings. The van der Waals surface area contributed by atoms with E-state index in [1.165, 1.54) is 10.6 Å². The summed E-state index contributed by atoms with van der Waals surface area (Å²) in [6.45, 7) is 1.73. The fraction of sp³-hybridized carbons (Fsp3) is 0.188. The summed E-state index contributed by atoms with van der Waals surface area (Å²) in [6, 6.07) is 10.6. The number of aryl methyl sites for hydroxylation is 2. The number of nitrogens with zero attached hydrogens (tertiary/aromatic N) is 1. The molecule has 1 unspecified atom stereocenters. The summed E-state index contributed by atoms with van der Waals surface area (Å²) in [7, 11) is 1.67. The molecule has 0 radical (unpaired) electrons. The predicted octanol–water partition coefficient (Wildman–Crippen LogP) is 4.06. The van der Waals surface area contributed by atoms with Gasteiger partial charge in [0.15, 0.2) is 5.58 Å². The third-order valence-electron chi connectivity index (χ3n) is 3.58. The first-order valence-corrected chi connectivity index (χ1v) is 7.38. The Morgan fingerprint density at radius 3 is 2.57 bits per heavy atom. The van der Waals surface area contributed by atoms with Gasteiger partial charge in [-0.2, -0.15) is 0 Å². The van der Waals surface area contributed by atoms with Gasteiger partial charge in [0.1, 0.15) is 5.82 Å². The lowest BCUT2D eigenvalue weighted by atomic mass is 10.0. The summed E-state index contributed by atoms with van der Waals surface area (Å²) in [6.07, 6.45) is 0. The summed E-state index contributed by atoms with van der Waals surface area (Å²) in [5, 5.41) is 0. The van der Waals surface area contributed by atoms with E-state index in [2.05, 4.69) is 15.9 Å². The van der Waals surface area contributed by atoms with Gasteiger partial charge in [-0.25, -0.2) is 9.18 Å². The molecule has 3 nitrogen and oxygen atoms in total. The molecule has 0 bridgehead atoms. The highest BCUT2D eigenvalue weighted by molar-refractivity contribution is 9.09. The van der Waals surface area contributed by atoms with E-state index < -0.39 is 0 Å². The lowest BCUT2D eigenvalue weighted by Gasteiger charge is -2.12. The minimum absolute atomic E-state index is 0.0910. The summed E-state index contributed by atoms with van der Waals surface area (Å²) in [4.78, 5) is 11.4. The molecule has 0 fully saturated rings. The van der Waals surface area contributed by atoms with Crippen molar-refractivity contribution in [3.8, 4) is 0 Å². The summed E-state index contributed by atoms with van der Waals surface area (Å²) in [5.74, 6) is -0.603. The summed E-state index contributed by atoms with van der Waals surface area (Å²) >= 11 is 3.61. The molecule has 108 valence electrons. The van der Waals surface area contributed by atoms with Gasteiger partial charge in [-0.3, -0.25) is 4.57 Å². The molecule has 0 aliphatic carbocycles. The molecule has 0 aliphatic heterocycles. The zero-order valence-corrected chi connectivity index (χ0v) is 13.1. The van der Waals surface area contributed by atoms with E-state index in [1.807, 2.05) is 18.2 Å². The second kappa shape index (κ2) is 5.15. The van der Waals surface area contributed by atoms with Crippen LogP contribution in [0.5, 0.6) is 0 Å². The van der Waals surface area contributed by atoms with Crippen molar-refractivity contribution in [1.29, 1.82) is 0 Å². The highest BCUT2D eigenvalue weighted by Crippen LogP contribution is 2.33. The molecule has 0 N–H and O–H groups in total. The number of hydrogen-bond acceptors (Lipinski definition) is 2. The Labute approximate surface area is 129 Å². The van der Waals surface area contributed by atoms with Crippen LogP contribution < -0.4 is 5.76 Å². The first-order chi connectivity index (χ1) is 9.97. The van der Waals surface area contributed by atoms with Gasteiger partial charge < -0.3 is 4.42 Å². The maximum Gasteiger partial charge on any atom is 0.419 e. The highest BCUT2D eigenvalue weighted by Gasteiger charge is 2.14. The van der Waals surface area contributed by atoms with Crippen molar-refractivity contribution in [3.63, 3.8) is 0 Å². The zero-order valence-electron chi connectivity index (χ0n) is 11.6. The first kappa shape index (κ1) is 14.1. The Morgan fingerprint density at radius 2 is 1.86 bits per heavy atom. The van der Waals surface area contributed by atoms with Crippen molar-refractivity contribution in [2.75, 3.05) is 0 Å². The number of hydrogen-bond donors (Lipinski definition) is 0. The fourth-order valence-corrected chi connectivity index (χ4v) is 2.90. The van der Waals surface area contributed by atoms with Crippen LogP contribution >= 0.6 is 15.9 Å². The van der Waals surface area contributed by atoms with E-state index in [0.717, 1.165) is 16.6 Å². The minimum atomic E-state index is -0.383. The van der Waals surface area contributed by atoms with E-state index in [1.54, 1.807) is 26.1 Å². The maximum atomic E-state index is 13.4. The predicted molar refractivity (Wildman–Crippen MR) is 83.4 cm³/mol. The third-order valence-corrected chi connectivity index (χ3v) is 4.64. The van der Waals surface area contributed by atoms with Crippen molar-refractivity contribution in [2.24, 2.45) is 7.05 Å². The molecule has 3 rings (SSSR count). The van der Waals surface area contributed by atoms with Crippen LogP contribution in [0.1, 0.15) is 21.5 Å². The SMILES string of the molecule is Cc1cc(C(Br)c2ccc3c(c2)oc(=O)n3C)ccc1F. The fourth-order valence-electron chi connectivity index (χ4n) is 2.33. The number of benzene rings is 2. The minimum Gasteiger partial charge on any atom is -0.408 e. The van der Waals surface area contributed by atoms with Gasteiger partial charge in [-0.15, -0.1) is 0 Å². The Kier molecular flexibility index (Phi) is 3.45. The van der Waals surface area contributed by atoms with Crippen LogP contribution in [-0.4, -0.2) is 4.57 Å². The normalized spacial score (nSPS) is 12.8. The Balaban J connectivity index is 2.06. The first-order valence-electron chi connectivity index (χ1n) is 6.47. The van der Waals surface area contributed by atoms with E-state index in [9.17, 15) is 9.18 Å². The Bertz CT molecular complexity index is 882. The number of fused-ring (bicyclic) bond motifs is 1. The quantitative estimate of drug-likeness (QED) is 0.654. The van der Waals surface area contributed by atoms with E-state index >= 15 is 0 Å². The smallest absolute Gasteiger partial charge is 0.408 e.